The van der Waals surface area contributed by atoms with Gasteiger partial charge in [-0.3, -0.25) is 9.59 Å². The summed E-state index contributed by atoms with van der Waals surface area (Å²) in [4.78, 5) is 32.1. The first-order valence-corrected chi connectivity index (χ1v) is 6.42. The van der Waals surface area contributed by atoms with Crippen LogP contribution in [0.15, 0.2) is 29.1 Å². The molecule has 19 heavy (non-hydrogen) atoms. The van der Waals surface area contributed by atoms with Crippen LogP contribution in [0, 0.1) is 0 Å². The van der Waals surface area contributed by atoms with Gasteiger partial charge in [0.25, 0.3) is 5.56 Å². The number of carbonyl (C=O) groups is 1. The topological polar surface area (TPSA) is 66.1 Å². The number of fused-ring (bicyclic) bond motifs is 1. The van der Waals surface area contributed by atoms with Crippen LogP contribution in [-0.4, -0.2) is 27.3 Å². The summed E-state index contributed by atoms with van der Waals surface area (Å²) in [7, 11) is 0. The van der Waals surface area contributed by atoms with Gasteiger partial charge in [0.15, 0.2) is 0 Å². The molecule has 1 N–H and O–H groups in total. The molecule has 1 atom stereocenters. The molecular formula is C14H15N3O2. The summed E-state index contributed by atoms with van der Waals surface area (Å²) in [5, 5.41) is 0.572. The quantitative estimate of drug-likeness (QED) is 0.846. The molecule has 0 aliphatic heterocycles. The second-order valence-electron chi connectivity index (χ2n) is 4.93. The Labute approximate surface area is 110 Å². The molecule has 0 saturated heterocycles. The SMILES string of the molecule is CC(c1nc2ccccc2c(=O)[nH]1)N(C=O)C1CC1. The number of carbonyl (C=O) groups excluding carboxylic acids is 1. The molecule has 1 aromatic heterocycles. The fraction of sp³-hybridized carbons (Fsp3) is 0.357. The highest BCUT2D eigenvalue weighted by Crippen LogP contribution is 2.31. The monoisotopic (exact) mass is 257 g/mol. The molecule has 1 heterocycles. The third-order valence-corrected chi connectivity index (χ3v) is 3.56. The highest BCUT2D eigenvalue weighted by Gasteiger charge is 2.32. The molecule has 1 amide bonds. The second-order valence-corrected chi connectivity index (χ2v) is 4.93. The fourth-order valence-electron chi connectivity index (χ4n) is 2.31. The van der Waals surface area contributed by atoms with E-state index < -0.39 is 0 Å². The summed E-state index contributed by atoms with van der Waals surface area (Å²) >= 11 is 0. The summed E-state index contributed by atoms with van der Waals surface area (Å²) in [5.74, 6) is 0.544. The van der Waals surface area contributed by atoms with Gasteiger partial charge in [0.1, 0.15) is 5.82 Å². The Morgan fingerprint density at radius 1 is 1.42 bits per heavy atom. The zero-order chi connectivity index (χ0) is 13.4. The lowest BCUT2D eigenvalue weighted by Crippen LogP contribution is -2.30. The molecule has 5 heteroatoms. The van der Waals surface area contributed by atoms with E-state index in [1.54, 1.807) is 11.0 Å². The van der Waals surface area contributed by atoms with Crippen LogP contribution in [-0.2, 0) is 4.79 Å². The predicted molar refractivity (Wildman–Crippen MR) is 71.7 cm³/mol. The number of amides is 1. The van der Waals surface area contributed by atoms with Crippen LogP contribution in [0.25, 0.3) is 10.9 Å². The third kappa shape index (κ3) is 2.12. The van der Waals surface area contributed by atoms with Crippen LogP contribution < -0.4 is 5.56 Å². The van der Waals surface area contributed by atoms with E-state index in [9.17, 15) is 9.59 Å². The molecule has 1 aromatic carbocycles. The fourth-order valence-corrected chi connectivity index (χ4v) is 2.31. The van der Waals surface area contributed by atoms with E-state index in [2.05, 4.69) is 9.97 Å². The molecular weight excluding hydrogens is 242 g/mol. The van der Waals surface area contributed by atoms with Crippen molar-refractivity contribution in [2.75, 3.05) is 0 Å². The molecule has 1 unspecified atom stereocenters. The number of nitrogens with one attached hydrogen (secondary N) is 1. The van der Waals surface area contributed by atoms with Crippen molar-refractivity contribution in [3.05, 3.63) is 40.4 Å². The third-order valence-electron chi connectivity index (χ3n) is 3.56. The molecule has 1 saturated carbocycles. The summed E-state index contributed by atoms with van der Waals surface area (Å²) < 4.78 is 0. The Bertz CT molecular complexity index is 676. The summed E-state index contributed by atoms with van der Waals surface area (Å²) in [5.41, 5.74) is 0.504. The zero-order valence-corrected chi connectivity index (χ0v) is 10.7. The highest BCUT2D eigenvalue weighted by atomic mass is 16.1. The van der Waals surface area contributed by atoms with Crippen molar-refractivity contribution >= 4 is 17.3 Å². The molecule has 2 aromatic rings. The number of H-pyrrole nitrogens is 1. The molecule has 1 aliphatic carbocycles. The highest BCUT2D eigenvalue weighted by molar-refractivity contribution is 5.77. The van der Waals surface area contributed by atoms with Crippen LogP contribution in [0.3, 0.4) is 0 Å². The Morgan fingerprint density at radius 2 is 2.16 bits per heavy atom. The van der Waals surface area contributed by atoms with Gasteiger partial charge in [-0.15, -0.1) is 0 Å². The number of rotatable bonds is 4. The first-order chi connectivity index (χ1) is 9.20. The van der Waals surface area contributed by atoms with Crippen LogP contribution in [0.2, 0.25) is 0 Å². The van der Waals surface area contributed by atoms with Crippen LogP contribution in [0.5, 0.6) is 0 Å². The molecule has 1 fully saturated rings. The van der Waals surface area contributed by atoms with Crippen molar-refractivity contribution in [1.29, 1.82) is 0 Å². The lowest BCUT2D eigenvalue weighted by molar-refractivity contribution is -0.120. The van der Waals surface area contributed by atoms with Gasteiger partial charge in [0.05, 0.1) is 16.9 Å². The molecule has 0 spiro atoms. The molecule has 3 rings (SSSR count). The van der Waals surface area contributed by atoms with Gasteiger partial charge in [-0.25, -0.2) is 4.98 Å². The number of hydrogen-bond donors (Lipinski definition) is 1. The number of nitrogens with zero attached hydrogens (tertiary/aromatic N) is 2. The minimum absolute atomic E-state index is 0.158. The zero-order valence-electron chi connectivity index (χ0n) is 10.7. The van der Waals surface area contributed by atoms with E-state index in [0.717, 1.165) is 19.3 Å². The first-order valence-electron chi connectivity index (χ1n) is 6.42. The predicted octanol–water partition coefficient (Wildman–Crippen LogP) is 1.60. The normalized spacial score (nSPS) is 16.3. The Morgan fingerprint density at radius 3 is 2.84 bits per heavy atom. The van der Waals surface area contributed by atoms with Gasteiger partial charge in [-0.2, -0.15) is 0 Å². The number of benzene rings is 1. The van der Waals surface area contributed by atoms with Gasteiger partial charge in [-0.1, -0.05) is 12.1 Å². The molecule has 5 nitrogen and oxygen atoms in total. The first kappa shape index (κ1) is 11.9. The maximum Gasteiger partial charge on any atom is 0.258 e. The molecule has 1 aliphatic rings. The number of para-hydroxylation sites is 1. The second kappa shape index (κ2) is 4.50. The number of aromatic amines is 1. The Kier molecular flexibility index (Phi) is 2.81. The van der Waals surface area contributed by atoms with Gasteiger partial charge < -0.3 is 9.88 Å². The minimum atomic E-state index is -0.206. The maximum absolute atomic E-state index is 12.0. The minimum Gasteiger partial charge on any atom is -0.332 e. The standard InChI is InChI=1S/C14H15N3O2/c1-9(17(8-18)10-6-7-10)13-15-12-5-3-2-4-11(12)14(19)16-13/h2-5,8-10H,6-7H2,1H3,(H,15,16,19). The van der Waals surface area contributed by atoms with Crippen molar-refractivity contribution in [2.45, 2.75) is 31.8 Å². The van der Waals surface area contributed by atoms with Crippen molar-refractivity contribution in [3.63, 3.8) is 0 Å². The lowest BCUT2D eigenvalue weighted by atomic mass is 10.2. The van der Waals surface area contributed by atoms with Crippen LogP contribution in [0.1, 0.15) is 31.6 Å². The van der Waals surface area contributed by atoms with E-state index in [4.69, 9.17) is 0 Å². The van der Waals surface area contributed by atoms with E-state index >= 15 is 0 Å². The summed E-state index contributed by atoms with van der Waals surface area (Å²) in [6.07, 6.45) is 2.90. The molecule has 98 valence electrons. The van der Waals surface area contributed by atoms with Gasteiger partial charge in [0.2, 0.25) is 6.41 Å². The lowest BCUT2D eigenvalue weighted by Gasteiger charge is -2.24. The van der Waals surface area contributed by atoms with E-state index in [-0.39, 0.29) is 11.6 Å². The number of hydrogen-bond acceptors (Lipinski definition) is 3. The van der Waals surface area contributed by atoms with Crippen LogP contribution in [0.4, 0.5) is 0 Å². The number of aromatic nitrogens is 2. The van der Waals surface area contributed by atoms with Crippen molar-refractivity contribution in [2.24, 2.45) is 0 Å². The van der Waals surface area contributed by atoms with Crippen molar-refractivity contribution in [3.8, 4) is 0 Å². The summed E-state index contributed by atoms with van der Waals surface area (Å²) in [6.45, 7) is 1.89. The van der Waals surface area contributed by atoms with Crippen molar-refractivity contribution in [1.82, 2.24) is 14.9 Å². The summed E-state index contributed by atoms with van der Waals surface area (Å²) in [6, 6.07) is 7.30. The van der Waals surface area contributed by atoms with E-state index in [1.807, 2.05) is 25.1 Å². The average molecular weight is 257 g/mol. The molecule has 0 bridgehead atoms. The van der Waals surface area contributed by atoms with E-state index in [0.29, 0.717) is 22.8 Å². The van der Waals surface area contributed by atoms with E-state index in [1.165, 1.54) is 0 Å². The maximum atomic E-state index is 12.0. The van der Waals surface area contributed by atoms with Crippen LogP contribution >= 0.6 is 0 Å². The Hall–Kier alpha value is -2.17. The molecule has 0 radical (unpaired) electrons. The average Bonchev–Trinajstić information content (AvgIpc) is 3.24. The largest absolute Gasteiger partial charge is 0.332 e. The van der Waals surface area contributed by atoms with Gasteiger partial charge in [-0.05, 0) is 31.9 Å². The smallest absolute Gasteiger partial charge is 0.258 e. The van der Waals surface area contributed by atoms with Gasteiger partial charge in [0, 0.05) is 6.04 Å². The van der Waals surface area contributed by atoms with Crippen molar-refractivity contribution < 1.29 is 4.79 Å². The van der Waals surface area contributed by atoms with Gasteiger partial charge >= 0.3 is 0 Å². The Balaban J connectivity index is 2.04.